The Labute approximate surface area is 151 Å². The van der Waals surface area contributed by atoms with Gasteiger partial charge in [0.1, 0.15) is 12.6 Å². The Hall–Kier alpha value is -2.68. The number of aliphatic hydroxyl groups excluding tert-OH is 1. The summed E-state index contributed by atoms with van der Waals surface area (Å²) in [6, 6.07) is 7.80. The third kappa shape index (κ3) is 5.41. The fraction of sp³-hybridized carbons (Fsp3) is 0.333. The fourth-order valence-corrected chi connectivity index (χ4v) is 2.33. The molecule has 26 heavy (non-hydrogen) atoms. The molecular formula is C18H22N2O6. The Morgan fingerprint density at radius 2 is 2.00 bits per heavy atom. The van der Waals surface area contributed by atoms with Crippen molar-refractivity contribution in [3.8, 4) is 0 Å². The molecule has 1 aliphatic carbocycles. The Bertz CT molecular complexity index is 676. The lowest BCUT2D eigenvalue weighted by Crippen LogP contribution is -2.49. The van der Waals surface area contributed by atoms with Gasteiger partial charge in [-0.15, -0.1) is 0 Å². The molecule has 140 valence electrons. The number of hydrogen-bond acceptors (Lipinski definition) is 7. The molecule has 1 aromatic rings. The number of esters is 1. The number of carbonyl (C=O) groups is 2. The number of hydroxylamine groups is 2. The van der Waals surface area contributed by atoms with Gasteiger partial charge in [0.2, 0.25) is 0 Å². The molecular weight excluding hydrogens is 340 g/mol. The van der Waals surface area contributed by atoms with Crippen molar-refractivity contribution in [1.29, 1.82) is 0 Å². The highest BCUT2D eigenvalue weighted by atomic mass is 16.6. The molecule has 2 atom stereocenters. The van der Waals surface area contributed by atoms with E-state index in [1.54, 1.807) is 48.6 Å². The van der Waals surface area contributed by atoms with Gasteiger partial charge in [0, 0.05) is 6.42 Å². The molecule has 0 radical (unpaired) electrons. The molecule has 0 bridgehead atoms. The van der Waals surface area contributed by atoms with Crippen LogP contribution in [0.3, 0.4) is 0 Å². The van der Waals surface area contributed by atoms with E-state index in [0.29, 0.717) is 5.06 Å². The second-order valence-corrected chi connectivity index (χ2v) is 5.86. The maximum absolute atomic E-state index is 12.0. The number of hydrogen-bond donors (Lipinski definition) is 3. The van der Waals surface area contributed by atoms with E-state index in [-0.39, 0.29) is 19.6 Å². The monoisotopic (exact) mass is 362 g/mol. The summed E-state index contributed by atoms with van der Waals surface area (Å²) in [5.41, 5.74) is 4.94. The van der Waals surface area contributed by atoms with Gasteiger partial charge < -0.3 is 20.3 Å². The summed E-state index contributed by atoms with van der Waals surface area (Å²) in [6.45, 7) is -0.920. The maximum atomic E-state index is 12.0. The number of nitrogens with two attached hydrogens (primary N) is 1. The molecule has 1 amide bonds. The number of allylic oxidation sites excluding steroid dienone is 2. The Morgan fingerprint density at radius 1 is 1.27 bits per heavy atom. The minimum Gasteiger partial charge on any atom is -0.451 e. The largest absolute Gasteiger partial charge is 0.451 e. The second-order valence-electron chi connectivity index (χ2n) is 5.86. The molecule has 0 fully saturated rings. The molecule has 0 aliphatic heterocycles. The molecule has 0 saturated carbocycles. The molecule has 1 unspecified atom stereocenters. The van der Waals surface area contributed by atoms with Crippen LogP contribution in [0.1, 0.15) is 12.0 Å². The van der Waals surface area contributed by atoms with Crippen molar-refractivity contribution in [2.24, 2.45) is 5.73 Å². The van der Waals surface area contributed by atoms with E-state index in [1.165, 1.54) is 0 Å². The fourth-order valence-electron chi connectivity index (χ4n) is 2.33. The van der Waals surface area contributed by atoms with Crippen molar-refractivity contribution >= 4 is 12.1 Å². The molecule has 8 nitrogen and oxygen atoms in total. The first-order valence-electron chi connectivity index (χ1n) is 8.06. The van der Waals surface area contributed by atoms with Crippen molar-refractivity contribution in [1.82, 2.24) is 5.06 Å². The highest BCUT2D eigenvalue weighted by Gasteiger charge is 2.37. The van der Waals surface area contributed by atoms with Crippen molar-refractivity contribution in [2.75, 3.05) is 13.2 Å². The van der Waals surface area contributed by atoms with Crippen LogP contribution in [0.5, 0.6) is 0 Å². The molecule has 1 aromatic carbocycles. The molecule has 0 aromatic heterocycles. The minimum absolute atomic E-state index is 0.00531. The number of amides is 1. The van der Waals surface area contributed by atoms with E-state index in [9.17, 15) is 14.8 Å². The van der Waals surface area contributed by atoms with Gasteiger partial charge in [0.25, 0.3) is 0 Å². The summed E-state index contributed by atoms with van der Waals surface area (Å²) < 4.78 is 10.4. The van der Waals surface area contributed by atoms with Gasteiger partial charge in [0.15, 0.2) is 5.60 Å². The van der Waals surface area contributed by atoms with Crippen LogP contribution in [0.15, 0.2) is 54.6 Å². The number of aliphatic hydroxyl groups is 1. The highest BCUT2D eigenvalue weighted by molar-refractivity contribution is 5.76. The summed E-state index contributed by atoms with van der Waals surface area (Å²) in [4.78, 5) is 23.9. The van der Waals surface area contributed by atoms with Crippen molar-refractivity contribution in [2.45, 2.75) is 24.7 Å². The third-order valence-electron chi connectivity index (χ3n) is 3.75. The lowest BCUT2D eigenvalue weighted by molar-refractivity contribution is -0.168. The van der Waals surface area contributed by atoms with E-state index in [2.05, 4.69) is 0 Å². The van der Waals surface area contributed by atoms with Crippen LogP contribution >= 0.6 is 0 Å². The summed E-state index contributed by atoms with van der Waals surface area (Å²) in [5, 5.41) is 19.4. The summed E-state index contributed by atoms with van der Waals surface area (Å²) in [5.74, 6) is -0.835. The third-order valence-corrected chi connectivity index (χ3v) is 3.75. The number of nitrogens with zero attached hydrogens (tertiary/aromatic N) is 1. The van der Waals surface area contributed by atoms with Crippen molar-refractivity contribution in [3.05, 3.63) is 60.2 Å². The van der Waals surface area contributed by atoms with Crippen molar-refractivity contribution in [3.63, 3.8) is 0 Å². The van der Waals surface area contributed by atoms with E-state index >= 15 is 0 Å². The lowest BCUT2D eigenvalue weighted by atomic mass is 9.94. The lowest BCUT2D eigenvalue weighted by Gasteiger charge is -2.34. The van der Waals surface area contributed by atoms with Crippen LogP contribution in [0.4, 0.5) is 4.79 Å². The molecule has 4 N–H and O–H groups in total. The van der Waals surface area contributed by atoms with Crippen molar-refractivity contribution < 1.29 is 29.4 Å². The summed E-state index contributed by atoms with van der Waals surface area (Å²) in [6.07, 6.45) is 5.90. The zero-order valence-electron chi connectivity index (χ0n) is 14.2. The van der Waals surface area contributed by atoms with Gasteiger partial charge in [-0.1, -0.05) is 48.6 Å². The molecule has 8 heteroatoms. The molecule has 2 rings (SSSR count). The van der Waals surface area contributed by atoms with E-state index in [4.69, 9.17) is 20.3 Å². The topological polar surface area (TPSA) is 122 Å². The number of rotatable bonds is 7. The molecule has 0 heterocycles. The number of ether oxygens (including phenoxy) is 2. The first-order valence-corrected chi connectivity index (χ1v) is 8.06. The summed E-state index contributed by atoms with van der Waals surface area (Å²) >= 11 is 0. The SMILES string of the molecule is N[C@@H](CO)C(=O)OC1(CN(O)C(=O)OCc2ccccc2)C=CC=CC1. The van der Waals surface area contributed by atoms with Crippen LogP contribution in [-0.4, -0.2) is 52.2 Å². The zero-order valence-corrected chi connectivity index (χ0v) is 14.2. The molecule has 1 aliphatic rings. The highest BCUT2D eigenvalue weighted by Crippen LogP contribution is 2.24. The average Bonchev–Trinajstić information content (AvgIpc) is 2.66. The Morgan fingerprint density at radius 3 is 2.62 bits per heavy atom. The number of carbonyl (C=O) groups excluding carboxylic acids is 2. The second kappa shape index (κ2) is 9.14. The Kier molecular flexibility index (Phi) is 6.90. The first-order chi connectivity index (χ1) is 12.5. The smallest absolute Gasteiger partial charge is 0.434 e. The van der Waals surface area contributed by atoms with Crippen LogP contribution in [0, 0.1) is 0 Å². The normalized spacial score (nSPS) is 19.7. The van der Waals surface area contributed by atoms with Crippen LogP contribution in [0.25, 0.3) is 0 Å². The zero-order chi connectivity index (χ0) is 19.0. The van der Waals surface area contributed by atoms with Gasteiger partial charge in [-0.2, -0.15) is 5.06 Å². The maximum Gasteiger partial charge on any atom is 0.434 e. The van der Waals surface area contributed by atoms with Gasteiger partial charge in [-0.25, -0.2) is 4.79 Å². The van der Waals surface area contributed by atoms with Gasteiger partial charge in [-0.05, 0) is 11.6 Å². The molecule has 0 spiro atoms. The van der Waals surface area contributed by atoms with Crippen LogP contribution in [0.2, 0.25) is 0 Å². The quantitative estimate of drug-likeness (QED) is 0.377. The predicted molar refractivity (Wildman–Crippen MR) is 91.9 cm³/mol. The van der Waals surface area contributed by atoms with Gasteiger partial charge in [0.05, 0.1) is 13.2 Å². The summed E-state index contributed by atoms with van der Waals surface area (Å²) in [7, 11) is 0. The van der Waals surface area contributed by atoms with E-state index in [1.807, 2.05) is 6.07 Å². The van der Waals surface area contributed by atoms with E-state index in [0.717, 1.165) is 5.56 Å². The first kappa shape index (κ1) is 19.6. The van der Waals surface area contributed by atoms with Crippen LogP contribution < -0.4 is 5.73 Å². The van der Waals surface area contributed by atoms with Crippen LogP contribution in [-0.2, 0) is 20.9 Å². The van der Waals surface area contributed by atoms with Gasteiger partial charge >= 0.3 is 12.1 Å². The molecule has 0 saturated heterocycles. The number of benzene rings is 1. The predicted octanol–water partition coefficient (Wildman–Crippen LogP) is 1.13. The minimum atomic E-state index is -1.29. The van der Waals surface area contributed by atoms with E-state index < -0.39 is 30.3 Å². The van der Waals surface area contributed by atoms with Gasteiger partial charge in [-0.3, -0.25) is 10.0 Å². The Balaban J connectivity index is 1.98. The average molecular weight is 362 g/mol. The standard InChI is InChI=1S/C18H22N2O6/c19-15(11-21)16(22)26-18(9-5-2-6-10-18)13-20(24)17(23)25-12-14-7-3-1-4-8-14/h1-9,15,21,24H,10-13,19H2/t15-,18?/m0/s1.